The van der Waals surface area contributed by atoms with Crippen molar-refractivity contribution in [3.05, 3.63) is 28.9 Å². The van der Waals surface area contributed by atoms with Crippen molar-refractivity contribution in [3.63, 3.8) is 0 Å². The molecule has 2 aromatic heterocycles. The van der Waals surface area contributed by atoms with Crippen LogP contribution in [0.5, 0.6) is 0 Å². The molecule has 0 unspecified atom stereocenters. The Morgan fingerprint density at radius 3 is 2.69 bits per heavy atom. The summed E-state index contributed by atoms with van der Waals surface area (Å²) in [6.07, 6.45) is 8.36. The fourth-order valence-corrected chi connectivity index (χ4v) is 3.42. The van der Waals surface area contributed by atoms with E-state index in [1.165, 1.54) is 23.3 Å². The smallest absolute Gasteiger partial charge is 0.162 e. The molecule has 0 bridgehead atoms. The summed E-state index contributed by atoms with van der Waals surface area (Å²) < 4.78 is 0. The van der Waals surface area contributed by atoms with Crippen LogP contribution >= 0.6 is 11.3 Å². The number of nitrogens with two attached hydrogens (primary N) is 1. The lowest BCUT2D eigenvalue weighted by atomic mass is 9.95. The van der Waals surface area contributed by atoms with Gasteiger partial charge in [0.05, 0.1) is 10.6 Å². The fourth-order valence-electron chi connectivity index (χ4n) is 2.26. The predicted molar refractivity (Wildman–Crippen MR) is 66.4 cm³/mol. The number of aryl methyl sites for hydroxylation is 1. The summed E-state index contributed by atoms with van der Waals surface area (Å²) in [5, 5.41) is 0.873. The van der Waals surface area contributed by atoms with Crippen LogP contribution in [0.15, 0.2) is 18.5 Å². The zero-order valence-electron chi connectivity index (χ0n) is 8.94. The number of fused-ring (bicyclic) bond motifs is 1. The molecule has 82 valence electrons. The van der Waals surface area contributed by atoms with E-state index in [0.717, 1.165) is 29.2 Å². The van der Waals surface area contributed by atoms with E-state index < -0.39 is 0 Å². The van der Waals surface area contributed by atoms with Gasteiger partial charge in [0.15, 0.2) is 5.82 Å². The highest BCUT2D eigenvalue weighted by atomic mass is 32.1. The molecule has 1 aliphatic carbocycles. The monoisotopic (exact) mass is 231 g/mol. The second-order valence-electron chi connectivity index (χ2n) is 4.02. The molecule has 0 spiro atoms. The highest BCUT2D eigenvalue weighted by Crippen LogP contribution is 2.40. The maximum absolute atomic E-state index is 6.09. The molecule has 0 saturated heterocycles. The van der Waals surface area contributed by atoms with Crippen molar-refractivity contribution < 1.29 is 0 Å². The summed E-state index contributed by atoms with van der Waals surface area (Å²) in [5.41, 5.74) is 8.56. The normalized spacial score (nSPS) is 14.8. The fraction of sp³-hybridized carbons (Fsp3) is 0.333. The van der Waals surface area contributed by atoms with Crippen LogP contribution in [0.2, 0.25) is 0 Å². The predicted octanol–water partition coefficient (Wildman–Crippen LogP) is 2.67. The summed E-state index contributed by atoms with van der Waals surface area (Å²) in [5.74, 6) is 0.777. The lowest BCUT2D eigenvalue weighted by molar-refractivity contribution is 0.697. The van der Waals surface area contributed by atoms with E-state index in [4.69, 9.17) is 5.73 Å². The third-order valence-electron chi connectivity index (χ3n) is 2.99. The maximum atomic E-state index is 6.09. The molecule has 3 rings (SSSR count). The van der Waals surface area contributed by atoms with Gasteiger partial charge in [-0.1, -0.05) is 0 Å². The van der Waals surface area contributed by atoms with Crippen LogP contribution in [0.1, 0.15) is 23.3 Å². The van der Waals surface area contributed by atoms with E-state index in [0.29, 0.717) is 0 Å². The average molecular weight is 231 g/mol. The van der Waals surface area contributed by atoms with Crippen LogP contribution in [0.3, 0.4) is 0 Å². The topological polar surface area (TPSA) is 51.8 Å². The van der Waals surface area contributed by atoms with Gasteiger partial charge in [0.1, 0.15) is 0 Å². The molecule has 0 aromatic carbocycles. The summed E-state index contributed by atoms with van der Waals surface area (Å²) in [7, 11) is 0. The first-order chi connectivity index (χ1) is 7.86. The number of thiophene rings is 1. The van der Waals surface area contributed by atoms with Gasteiger partial charge in [0.2, 0.25) is 0 Å². The van der Waals surface area contributed by atoms with Crippen molar-refractivity contribution in [2.45, 2.75) is 25.7 Å². The summed E-state index contributed by atoms with van der Waals surface area (Å²) in [6.45, 7) is 0. The quantitative estimate of drug-likeness (QED) is 0.821. The average Bonchev–Trinajstić information content (AvgIpc) is 2.66. The van der Waals surface area contributed by atoms with Crippen LogP contribution in [0, 0.1) is 0 Å². The number of hydrogen-bond donors (Lipinski definition) is 1. The SMILES string of the molecule is Nc1sc2c(c1-c1ncccn1)CCCC2. The molecule has 2 N–H and O–H groups in total. The van der Waals surface area contributed by atoms with Gasteiger partial charge >= 0.3 is 0 Å². The van der Waals surface area contributed by atoms with Gasteiger partial charge in [-0.3, -0.25) is 0 Å². The van der Waals surface area contributed by atoms with Crippen LogP contribution in [0.25, 0.3) is 11.4 Å². The Kier molecular flexibility index (Phi) is 2.36. The van der Waals surface area contributed by atoms with Gasteiger partial charge in [-0.15, -0.1) is 11.3 Å². The zero-order chi connectivity index (χ0) is 11.0. The first kappa shape index (κ1) is 9.78. The minimum atomic E-state index is 0.777. The van der Waals surface area contributed by atoms with E-state index in [-0.39, 0.29) is 0 Å². The molecule has 0 radical (unpaired) electrons. The summed E-state index contributed by atoms with van der Waals surface area (Å²) in [6, 6.07) is 1.83. The highest BCUT2D eigenvalue weighted by Gasteiger charge is 2.21. The Morgan fingerprint density at radius 1 is 1.12 bits per heavy atom. The van der Waals surface area contributed by atoms with Gasteiger partial charge in [-0.05, 0) is 37.3 Å². The van der Waals surface area contributed by atoms with Crippen molar-refractivity contribution in [1.82, 2.24) is 9.97 Å². The molecular formula is C12H13N3S. The first-order valence-corrected chi connectivity index (χ1v) is 6.35. The van der Waals surface area contributed by atoms with Crippen LogP contribution in [-0.4, -0.2) is 9.97 Å². The number of nitrogen functional groups attached to an aromatic ring is 1. The van der Waals surface area contributed by atoms with Crippen molar-refractivity contribution >= 4 is 16.3 Å². The van der Waals surface area contributed by atoms with Crippen LogP contribution in [0.4, 0.5) is 5.00 Å². The van der Waals surface area contributed by atoms with E-state index in [1.807, 2.05) is 6.07 Å². The Labute approximate surface area is 98.4 Å². The Balaban J connectivity index is 2.17. The van der Waals surface area contributed by atoms with Crippen molar-refractivity contribution in [3.8, 4) is 11.4 Å². The van der Waals surface area contributed by atoms with Crippen molar-refractivity contribution in [1.29, 1.82) is 0 Å². The largest absolute Gasteiger partial charge is 0.390 e. The number of nitrogens with zero attached hydrogens (tertiary/aromatic N) is 2. The van der Waals surface area contributed by atoms with Crippen molar-refractivity contribution in [2.24, 2.45) is 0 Å². The van der Waals surface area contributed by atoms with Gasteiger partial charge in [0, 0.05) is 17.3 Å². The molecule has 3 nitrogen and oxygen atoms in total. The number of anilines is 1. The second-order valence-corrected chi connectivity index (χ2v) is 5.16. The molecule has 2 heterocycles. The Morgan fingerprint density at radius 2 is 1.88 bits per heavy atom. The lowest BCUT2D eigenvalue weighted by Crippen LogP contribution is -2.01. The molecule has 1 aliphatic rings. The van der Waals surface area contributed by atoms with E-state index >= 15 is 0 Å². The van der Waals surface area contributed by atoms with E-state index in [9.17, 15) is 0 Å². The Bertz CT molecular complexity index is 504. The standard InChI is InChI=1S/C12H13N3S/c13-11-10(12-14-6-3-7-15-12)8-4-1-2-5-9(8)16-11/h3,6-7H,1-2,4-5,13H2. The molecule has 16 heavy (non-hydrogen) atoms. The van der Waals surface area contributed by atoms with Gasteiger partial charge in [-0.2, -0.15) is 0 Å². The summed E-state index contributed by atoms with van der Waals surface area (Å²) in [4.78, 5) is 10.0. The van der Waals surface area contributed by atoms with E-state index in [1.54, 1.807) is 23.7 Å². The molecule has 0 atom stereocenters. The summed E-state index contributed by atoms with van der Waals surface area (Å²) >= 11 is 1.71. The van der Waals surface area contributed by atoms with Gasteiger partial charge in [0.25, 0.3) is 0 Å². The van der Waals surface area contributed by atoms with Crippen LogP contribution in [-0.2, 0) is 12.8 Å². The third-order valence-corrected chi connectivity index (χ3v) is 4.11. The Hall–Kier alpha value is -1.42. The number of rotatable bonds is 1. The van der Waals surface area contributed by atoms with Crippen molar-refractivity contribution in [2.75, 3.05) is 5.73 Å². The second kappa shape index (κ2) is 3.87. The molecular weight excluding hydrogens is 218 g/mol. The maximum Gasteiger partial charge on any atom is 0.162 e. The number of hydrogen-bond acceptors (Lipinski definition) is 4. The van der Waals surface area contributed by atoms with Crippen LogP contribution < -0.4 is 5.73 Å². The van der Waals surface area contributed by atoms with Gasteiger partial charge in [-0.25, -0.2) is 9.97 Å². The zero-order valence-corrected chi connectivity index (χ0v) is 9.76. The molecule has 0 fully saturated rings. The lowest BCUT2D eigenvalue weighted by Gasteiger charge is -2.11. The first-order valence-electron chi connectivity index (χ1n) is 5.53. The van der Waals surface area contributed by atoms with Gasteiger partial charge < -0.3 is 5.73 Å². The minimum Gasteiger partial charge on any atom is -0.390 e. The molecule has 0 amide bonds. The minimum absolute atomic E-state index is 0.777. The molecule has 4 heteroatoms. The molecule has 0 saturated carbocycles. The molecule has 0 aliphatic heterocycles. The number of aromatic nitrogens is 2. The third kappa shape index (κ3) is 1.50. The van der Waals surface area contributed by atoms with E-state index in [2.05, 4.69) is 9.97 Å². The molecule has 2 aromatic rings. The highest BCUT2D eigenvalue weighted by molar-refractivity contribution is 7.16.